The third-order valence-corrected chi connectivity index (χ3v) is 2.89. The first kappa shape index (κ1) is 14.9. The monoisotopic (exact) mass is 216 g/mol. The highest BCUT2D eigenvalue weighted by Crippen LogP contribution is 1.97. The molecule has 0 atom stereocenters. The molecule has 0 fully saturated rings. The second-order valence-corrected chi connectivity index (χ2v) is 4.11. The van der Waals surface area contributed by atoms with E-state index < -0.39 is 0 Å². The Morgan fingerprint density at radius 2 is 1.53 bits per heavy atom. The van der Waals surface area contributed by atoms with Crippen molar-refractivity contribution in [3.05, 3.63) is 0 Å². The molecule has 0 aromatic carbocycles. The first-order valence-electron chi connectivity index (χ1n) is 6.26. The molecule has 15 heavy (non-hydrogen) atoms. The molecule has 0 radical (unpaired) electrons. The van der Waals surface area contributed by atoms with Crippen LogP contribution in [0.1, 0.15) is 33.1 Å². The van der Waals surface area contributed by atoms with Crippen molar-refractivity contribution >= 4 is 0 Å². The van der Waals surface area contributed by atoms with E-state index in [1.165, 1.54) is 13.0 Å². The maximum atomic E-state index is 8.65. The molecule has 0 saturated carbocycles. The van der Waals surface area contributed by atoms with Gasteiger partial charge in [-0.05, 0) is 45.9 Å². The van der Waals surface area contributed by atoms with Gasteiger partial charge in [0.1, 0.15) is 0 Å². The van der Waals surface area contributed by atoms with Gasteiger partial charge in [-0.1, -0.05) is 13.8 Å². The summed E-state index contributed by atoms with van der Waals surface area (Å²) >= 11 is 0. The topological polar surface area (TPSA) is 26.7 Å². The number of aliphatic hydroxyl groups is 1. The molecule has 0 aliphatic heterocycles. The maximum Gasteiger partial charge on any atom is 0.0431 e. The molecule has 0 bridgehead atoms. The summed E-state index contributed by atoms with van der Waals surface area (Å²) in [4.78, 5) is 4.83. The van der Waals surface area contributed by atoms with E-state index in [9.17, 15) is 0 Å². The van der Waals surface area contributed by atoms with E-state index in [1.807, 2.05) is 0 Å². The van der Waals surface area contributed by atoms with Crippen molar-refractivity contribution in [2.24, 2.45) is 0 Å². The number of rotatable bonds is 10. The predicted octanol–water partition coefficient (Wildman–Crippen LogP) is 1.42. The summed E-state index contributed by atoms with van der Waals surface area (Å²) in [5.74, 6) is 0. The lowest BCUT2D eigenvalue weighted by Crippen LogP contribution is -2.33. The highest BCUT2D eigenvalue weighted by Gasteiger charge is 2.02. The van der Waals surface area contributed by atoms with Crippen LogP contribution in [0.3, 0.4) is 0 Å². The zero-order valence-electron chi connectivity index (χ0n) is 10.7. The predicted molar refractivity (Wildman–Crippen MR) is 66.2 cm³/mol. The summed E-state index contributed by atoms with van der Waals surface area (Å²) in [6.07, 6.45) is 3.30. The first-order valence-corrected chi connectivity index (χ1v) is 6.26. The molecule has 0 rings (SSSR count). The number of nitrogens with zero attached hydrogens (tertiary/aromatic N) is 2. The smallest absolute Gasteiger partial charge is 0.0431 e. The van der Waals surface area contributed by atoms with E-state index in [1.54, 1.807) is 0 Å². The Bertz CT molecular complexity index is 127. The highest BCUT2D eigenvalue weighted by atomic mass is 16.2. The standard InChI is InChI=1S/C12H28N2O/c1-4-14(5-2)11-10-13(3)9-7-6-8-12-15/h15H,4-12H2,1-3H3. The Morgan fingerprint density at radius 3 is 2.07 bits per heavy atom. The molecule has 0 aromatic rings. The van der Waals surface area contributed by atoms with Crippen molar-refractivity contribution in [2.45, 2.75) is 33.1 Å². The van der Waals surface area contributed by atoms with Crippen molar-refractivity contribution in [1.82, 2.24) is 9.80 Å². The van der Waals surface area contributed by atoms with Crippen LogP contribution < -0.4 is 0 Å². The minimum Gasteiger partial charge on any atom is -0.396 e. The van der Waals surface area contributed by atoms with E-state index in [-0.39, 0.29) is 0 Å². The number of aliphatic hydroxyl groups excluding tert-OH is 1. The maximum absolute atomic E-state index is 8.65. The van der Waals surface area contributed by atoms with Gasteiger partial charge in [0.05, 0.1) is 0 Å². The van der Waals surface area contributed by atoms with Crippen molar-refractivity contribution in [3.8, 4) is 0 Å². The zero-order valence-corrected chi connectivity index (χ0v) is 10.7. The van der Waals surface area contributed by atoms with Crippen LogP contribution in [0.15, 0.2) is 0 Å². The fourth-order valence-electron chi connectivity index (χ4n) is 1.63. The molecule has 0 heterocycles. The van der Waals surface area contributed by atoms with Crippen LogP contribution >= 0.6 is 0 Å². The van der Waals surface area contributed by atoms with E-state index in [0.29, 0.717) is 6.61 Å². The van der Waals surface area contributed by atoms with Crippen LogP contribution in [0.2, 0.25) is 0 Å². The van der Waals surface area contributed by atoms with Gasteiger partial charge >= 0.3 is 0 Å². The number of hydrogen-bond donors (Lipinski definition) is 1. The molecular formula is C12H28N2O. The summed E-state index contributed by atoms with van der Waals surface area (Å²) in [5.41, 5.74) is 0. The third kappa shape index (κ3) is 8.85. The average Bonchev–Trinajstić information content (AvgIpc) is 2.26. The Hall–Kier alpha value is -0.120. The van der Waals surface area contributed by atoms with Crippen LogP contribution in [0, 0.1) is 0 Å². The SMILES string of the molecule is CCN(CC)CCN(C)CCCCCO. The van der Waals surface area contributed by atoms with E-state index in [0.717, 1.165) is 39.0 Å². The summed E-state index contributed by atoms with van der Waals surface area (Å²) < 4.78 is 0. The number of unbranched alkanes of at least 4 members (excludes halogenated alkanes) is 2. The Balaban J connectivity index is 3.35. The van der Waals surface area contributed by atoms with Gasteiger partial charge in [-0.3, -0.25) is 0 Å². The van der Waals surface area contributed by atoms with E-state index in [2.05, 4.69) is 30.7 Å². The quantitative estimate of drug-likeness (QED) is 0.560. The summed E-state index contributed by atoms with van der Waals surface area (Å²) in [5, 5.41) is 8.65. The lowest BCUT2D eigenvalue weighted by molar-refractivity contribution is 0.234. The summed E-state index contributed by atoms with van der Waals surface area (Å²) in [6, 6.07) is 0. The average molecular weight is 216 g/mol. The fourth-order valence-corrected chi connectivity index (χ4v) is 1.63. The zero-order chi connectivity index (χ0) is 11.5. The van der Waals surface area contributed by atoms with E-state index in [4.69, 9.17) is 5.11 Å². The van der Waals surface area contributed by atoms with Gasteiger partial charge in [-0.25, -0.2) is 0 Å². The van der Waals surface area contributed by atoms with Crippen molar-refractivity contribution < 1.29 is 5.11 Å². The fraction of sp³-hybridized carbons (Fsp3) is 1.00. The molecule has 3 nitrogen and oxygen atoms in total. The Kier molecular flexibility index (Phi) is 10.3. The highest BCUT2D eigenvalue weighted by molar-refractivity contribution is 4.58. The summed E-state index contributed by atoms with van der Waals surface area (Å²) in [6.45, 7) is 10.5. The molecule has 0 saturated heterocycles. The van der Waals surface area contributed by atoms with E-state index >= 15 is 0 Å². The van der Waals surface area contributed by atoms with Gasteiger partial charge < -0.3 is 14.9 Å². The van der Waals surface area contributed by atoms with Gasteiger partial charge in [0, 0.05) is 19.7 Å². The minimum absolute atomic E-state index is 0.336. The molecule has 0 amide bonds. The molecule has 0 aromatic heterocycles. The Labute approximate surface area is 95.1 Å². The van der Waals surface area contributed by atoms with Crippen LogP contribution in [-0.4, -0.2) is 61.3 Å². The molecule has 0 aliphatic rings. The van der Waals surface area contributed by atoms with Gasteiger partial charge in [-0.2, -0.15) is 0 Å². The normalized spacial score (nSPS) is 11.6. The largest absolute Gasteiger partial charge is 0.396 e. The molecule has 0 spiro atoms. The first-order chi connectivity index (χ1) is 7.24. The third-order valence-electron chi connectivity index (χ3n) is 2.89. The number of likely N-dealkylation sites (N-methyl/N-ethyl adjacent to an activating group) is 2. The Morgan fingerprint density at radius 1 is 0.867 bits per heavy atom. The second-order valence-electron chi connectivity index (χ2n) is 4.11. The van der Waals surface area contributed by atoms with Gasteiger partial charge in [0.25, 0.3) is 0 Å². The molecule has 92 valence electrons. The molecule has 3 heteroatoms. The number of hydrogen-bond acceptors (Lipinski definition) is 3. The van der Waals surface area contributed by atoms with Crippen LogP contribution in [0.4, 0.5) is 0 Å². The lowest BCUT2D eigenvalue weighted by atomic mass is 10.2. The molecule has 0 aliphatic carbocycles. The van der Waals surface area contributed by atoms with Crippen LogP contribution in [0.5, 0.6) is 0 Å². The van der Waals surface area contributed by atoms with Gasteiger partial charge in [-0.15, -0.1) is 0 Å². The van der Waals surface area contributed by atoms with Crippen LogP contribution in [0.25, 0.3) is 0 Å². The van der Waals surface area contributed by atoms with Crippen molar-refractivity contribution in [2.75, 3.05) is 46.4 Å². The van der Waals surface area contributed by atoms with Gasteiger partial charge in [0.15, 0.2) is 0 Å². The summed E-state index contributed by atoms with van der Waals surface area (Å²) in [7, 11) is 2.18. The van der Waals surface area contributed by atoms with Crippen LogP contribution in [-0.2, 0) is 0 Å². The molecule has 0 unspecified atom stereocenters. The van der Waals surface area contributed by atoms with Gasteiger partial charge in [0.2, 0.25) is 0 Å². The second kappa shape index (κ2) is 10.4. The lowest BCUT2D eigenvalue weighted by Gasteiger charge is -2.22. The van der Waals surface area contributed by atoms with Crippen molar-refractivity contribution in [3.63, 3.8) is 0 Å². The molecular weight excluding hydrogens is 188 g/mol. The van der Waals surface area contributed by atoms with Crippen molar-refractivity contribution in [1.29, 1.82) is 0 Å². The minimum atomic E-state index is 0.336. The molecule has 1 N–H and O–H groups in total.